The summed E-state index contributed by atoms with van der Waals surface area (Å²) < 4.78 is 16.2. The summed E-state index contributed by atoms with van der Waals surface area (Å²) >= 11 is 0. The van der Waals surface area contributed by atoms with Crippen molar-refractivity contribution in [2.24, 2.45) is 5.92 Å². The number of hydrogen-bond donors (Lipinski definition) is 1. The number of carbonyl (C=O) groups is 1. The van der Waals surface area contributed by atoms with Gasteiger partial charge in [-0.15, -0.1) is 0 Å². The van der Waals surface area contributed by atoms with E-state index >= 15 is 0 Å². The van der Waals surface area contributed by atoms with Crippen molar-refractivity contribution in [1.29, 1.82) is 0 Å². The second-order valence-corrected chi connectivity index (χ2v) is 6.01. The summed E-state index contributed by atoms with van der Waals surface area (Å²) in [6.07, 6.45) is 4.42. The number of nitrogens with one attached hydrogen (secondary N) is 1. The second kappa shape index (κ2) is 6.49. The fraction of sp³-hybridized carbons (Fsp3) is 0.333. The number of benzene rings is 1. The molecule has 4 rings (SSSR count). The van der Waals surface area contributed by atoms with Crippen LogP contribution in [0.25, 0.3) is 0 Å². The monoisotopic (exact) mass is 326 g/mol. The van der Waals surface area contributed by atoms with Crippen molar-refractivity contribution in [2.45, 2.75) is 12.5 Å². The molecule has 3 heterocycles. The third-order valence-corrected chi connectivity index (χ3v) is 4.40. The molecule has 124 valence electrons. The van der Waals surface area contributed by atoms with Gasteiger partial charge in [0.05, 0.1) is 19.3 Å². The van der Waals surface area contributed by atoms with Gasteiger partial charge in [-0.2, -0.15) is 0 Å². The number of fused-ring (bicyclic) bond motifs is 1. The Morgan fingerprint density at radius 3 is 2.83 bits per heavy atom. The molecule has 0 bridgehead atoms. The van der Waals surface area contributed by atoms with Crippen molar-refractivity contribution in [2.75, 3.05) is 20.0 Å². The molecule has 1 aromatic heterocycles. The quantitative estimate of drug-likeness (QED) is 0.928. The van der Waals surface area contributed by atoms with Gasteiger partial charge < -0.3 is 19.5 Å². The summed E-state index contributed by atoms with van der Waals surface area (Å²) in [5.74, 6) is 1.42. The molecule has 2 aliphatic heterocycles. The first-order chi connectivity index (χ1) is 11.8. The summed E-state index contributed by atoms with van der Waals surface area (Å²) in [5.41, 5.74) is 1.76. The Labute approximate surface area is 139 Å². The zero-order chi connectivity index (χ0) is 16.4. The van der Waals surface area contributed by atoms with E-state index in [2.05, 4.69) is 10.3 Å². The highest BCUT2D eigenvalue weighted by Gasteiger charge is 2.30. The van der Waals surface area contributed by atoms with E-state index in [1.54, 1.807) is 30.6 Å². The van der Waals surface area contributed by atoms with Crippen molar-refractivity contribution >= 4 is 5.91 Å². The van der Waals surface area contributed by atoms with Crippen LogP contribution in [-0.4, -0.2) is 36.9 Å². The van der Waals surface area contributed by atoms with Crippen molar-refractivity contribution in [3.8, 4) is 11.5 Å². The standard InChI is InChI=1S/C18H18N2O4/c21-18(13-1-2-16-17(8-13)24-11-23-16)20-15-10-22-9-14(15)7-12-3-5-19-6-4-12/h1-6,8,14-15H,7,9-11H2,(H,20,21)/t14-,15+/m1/s1. The lowest BCUT2D eigenvalue weighted by atomic mass is 9.95. The Balaban J connectivity index is 1.43. The van der Waals surface area contributed by atoms with E-state index in [-0.39, 0.29) is 24.7 Å². The van der Waals surface area contributed by atoms with Crippen molar-refractivity contribution in [3.05, 3.63) is 53.9 Å². The average molecular weight is 326 g/mol. The smallest absolute Gasteiger partial charge is 0.251 e. The fourth-order valence-corrected chi connectivity index (χ4v) is 3.07. The molecule has 1 fully saturated rings. The zero-order valence-corrected chi connectivity index (χ0v) is 13.1. The highest BCUT2D eigenvalue weighted by molar-refractivity contribution is 5.95. The maximum absolute atomic E-state index is 12.5. The number of rotatable bonds is 4. The third-order valence-electron chi connectivity index (χ3n) is 4.40. The lowest BCUT2D eigenvalue weighted by Gasteiger charge is -2.19. The van der Waals surface area contributed by atoms with Gasteiger partial charge in [0.25, 0.3) is 5.91 Å². The molecule has 0 saturated carbocycles. The van der Waals surface area contributed by atoms with Gasteiger partial charge in [0.2, 0.25) is 6.79 Å². The maximum Gasteiger partial charge on any atom is 0.251 e. The lowest BCUT2D eigenvalue weighted by molar-refractivity contribution is 0.0924. The Kier molecular flexibility index (Phi) is 4.04. The van der Waals surface area contributed by atoms with E-state index in [1.165, 1.54) is 5.56 Å². The summed E-state index contributed by atoms with van der Waals surface area (Å²) in [6, 6.07) is 9.21. The van der Waals surface area contributed by atoms with Crippen LogP contribution in [0.3, 0.4) is 0 Å². The highest BCUT2D eigenvalue weighted by atomic mass is 16.7. The number of aromatic nitrogens is 1. The maximum atomic E-state index is 12.5. The minimum Gasteiger partial charge on any atom is -0.454 e. The van der Waals surface area contributed by atoms with E-state index in [0.29, 0.717) is 30.3 Å². The molecule has 1 aromatic carbocycles. The number of pyridine rings is 1. The normalized spacial score (nSPS) is 21.7. The van der Waals surface area contributed by atoms with Gasteiger partial charge in [0.15, 0.2) is 11.5 Å². The number of amides is 1. The Hall–Kier alpha value is -2.60. The SMILES string of the molecule is O=C(N[C@H]1COC[C@H]1Cc1ccncc1)c1ccc2c(c1)OCO2. The predicted octanol–water partition coefficient (Wildman–Crippen LogP) is 1.80. The molecular formula is C18H18N2O4. The van der Waals surface area contributed by atoms with Gasteiger partial charge in [0.1, 0.15) is 0 Å². The van der Waals surface area contributed by atoms with Crippen LogP contribution in [0.15, 0.2) is 42.7 Å². The first-order valence-corrected chi connectivity index (χ1v) is 7.97. The molecule has 6 heteroatoms. The zero-order valence-electron chi connectivity index (χ0n) is 13.1. The molecule has 24 heavy (non-hydrogen) atoms. The summed E-state index contributed by atoms with van der Waals surface area (Å²) in [6.45, 7) is 1.38. The van der Waals surface area contributed by atoms with Gasteiger partial charge in [-0.25, -0.2) is 0 Å². The van der Waals surface area contributed by atoms with Gasteiger partial charge in [-0.05, 0) is 42.3 Å². The van der Waals surface area contributed by atoms with Crippen LogP contribution in [0.4, 0.5) is 0 Å². The second-order valence-electron chi connectivity index (χ2n) is 6.01. The minimum atomic E-state index is -0.122. The van der Waals surface area contributed by atoms with E-state index in [9.17, 15) is 4.79 Å². The van der Waals surface area contributed by atoms with Crippen LogP contribution in [0.5, 0.6) is 11.5 Å². The molecule has 2 aromatic rings. The number of nitrogens with zero attached hydrogens (tertiary/aromatic N) is 1. The van der Waals surface area contributed by atoms with Crippen LogP contribution >= 0.6 is 0 Å². The summed E-state index contributed by atoms with van der Waals surface area (Å²) in [4.78, 5) is 16.6. The van der Waals surface area contributed by atoms with E-state index < -0.39 is 0 Å². The minimum absolute atomic E-state index is 0.00362. The van der Waals surface area contributed by atoms with Crippen LogP contribution in [0.1, 0.15) is 15.9 Å². The number of carbonyl (C=O) groups excluding carboxylic acids is 1. The molecule has 1 N–H and O–H groups in total. The number of hydrogen-bond acceptors (Lipinski definition) is 5. The Morgan fingerprint density at radius 2 is 1.96 bits per heavy atom. The largest absolute Gasteiger partial charge is 0.454 e. The van der Waals surface area contributed by atoms with Gasteiger partial charge >= 0.3 is 0 Å². The summed E-state index contributed by atoms with van der Waals surface area (Å²) in [5, 5.41) is 3.08. The molecule has 2 aliphatic rings. The van der Waals surface area contributed by atoms with Crippen LogP contribution in [0.2, 0.25) is 0 Å². The predicted molar refractivity (Wildman–Crippen MR) is 86.1 cm³/mol. The molecule has 1 saturated heterocycles. The van der Waals surface area contributed by atoms with E-state index in [4.69, 9.17) is 14.2 Å². The highest BCUT2D eigenvalue weighted by Crippen LogP contribution is 2.32. The van der Waals surface area contributed by atoms with Gasteiger partial charge in [-0.3, -0.25) is 9.78 Å². The molecule has 0 aliphatic carbocycles. The topological polar surface area (TPSA) is 69.7 Å². The van der Waals surface area contributed by atoms with Crippen molar-refractivity contribution in [1.82, 2.24) is 10.3 Å². The summed E-state index contributed by atoms with van der Waals surface area (Å²) in [7, 11) is 0. The first kappa shape index (κ1) is 15.0. The lowest BCUT2D eigenvalue weighted by Crippen LogP contribution is -2.40. The molecule has 1 amide bonds. The van der Waals surface area contributed by atoms with Gasteiger partial charge in [0, 0.05) is 23.9 Å². The molecule has 0 unspecified atom stereocenters. The van der Waals surface area contributed by atoms with Crippen LogP contribution in [0, 0.1) is 5.92 Å². The number of ether oxygens (including phenoxy) is 3. The molecule has 6 nitrogen and oxygen atoms in total. The molecular weight excluding hydrogens is 308 g/mol. The Bertz CT molecular complexity index is 735. The van der Waals surface area contributed by atoms with Crippen LogP contribution in [-0.2, 0) is 11.2 Å². The third kappa shape index (κ3) is 3.05. The average Bonchev–Trinajstić information content (AvgIpc) is 3.24. The van der Waals surface area contributed by atoms with E-state index in [0.717, 1.165) is 6.42 Å². The van der Waals surface area contributed by atoms with Crippen molar-refractivity contribution in [3.63, 3.8) is 0 Å². The fourth-order valence-electron chi connectivity index (χ4n) is 3.07. The molecule has 0 spiro atoms. The molecule has 2 atom stereocenters. The van der Waals surface area contributed by atoms with Crippen LogP contribution < -0.4 is 14.8 Å². The van der Waals surface area contributed by atoms with Crippen molar-refractivity contribution < 1.29 is 19.0 Å². The molecule has 0 radical (unpaired) electrons. The first-order valence-electron chi connectivity index (χ1n) is 7.97. The van der Waals surface area contributed by atoms with Gasteiger partial charge in [-0.1, -0.05) is 0 Å². The Morgan fingerprint density at radius 1 is 1.12 bits per heavy atom. The van der Waals surface area contributed by atoms with E-state index in [1.807, 2.05) is 12.1 Å².